The summed E-state index contributed by atoms with van der Waals surface area (Å²) in [7, 11) is 0. The van der Waals surface area contributed by atoms with Gasteiger partial charge >= 0.3 is 5.97 Å². The number of carbonyl (C=O) groups is 2. The summed E-state index contributed by atoms with van der Waals surface area (Å²) >= 11 is 0. The van der Waals surface area contributed by atoms with E-state index in [4.69, 9.17) is 0 Å². The van der Waals surface area contributed by atoms with Gasteiger partial charge in [-0.1, -0.05) is 56.0 Å². The topological polar surface area (TPSA) is 57.6 Å². The number of carbonyl (C=O) groups excluding carboxylic acids is 1. The van der Waals surface area contributed by atoms with Gasteiger partial charge in [-0.2, -0.15) is 0 Å². The zero-order chi connectivity index (χ0) is 18.1. The van der Waals surface area contributed by atoms with Crippen LogP contribution in [0.1, 0.15) is 56.4 Å². The minimum absolute atomic E-state index is 0.0938. The summed E-state index contributed by atoms with van der Waals surface area (Å²) in [5.74, 6) is 0.489. The lowest BCUT2D eigenvalue weighted by molar-refractivity contribution is -0.142. The van der Waals surface area contributed by atoms with Crippen LogP contribution in [0.3, 0.4) is 0 Å². The molecule has 0 bridgehead atoms. The second-order valence-electron chi connectivity index (χ2n) is 8.52. The van der Waals surface area contributed by atoms with Crippen molar-refractivity contribution in [3.63, 3.8) is 0 Å². The molecule has 4 rings (SSSR count). The molecule has 0 spiro atoms. The van der Waals surface area contributed by atoms with Crippen molar-refractivity contribution >= 4 is 11.9 Å². The van der Waals surface area contributed by atoms with E-state index in [-0.39, 0.29) is 17.7 Å². The number of benzene rings is 1. The highest BCUT2D eigenvalue weighted by molar-refractivity contribution is 5.81. The Morgan fingerprint density at radius 3 is 2.38 bits per heavy atom. The van der Waals surface area contributed by atoms with E-state index in [0.717, 1.165) is 24.3 Å². The first-order chi connectivity index (χ1) is 12.6. The summed E-state index contributed by atoms with van der Waals surface area (Å²) in [5.41, 5.74) is 1.03. The summed E-state index contributed by atoms with van der Waals surface area (Å²) in [5, 5.41) is 9.67. The zero-order valence-corrected chi connectivity index (χ0v) is 15.3. The molecule has 1 N–H and O–H groups in total. The lowest BCUT2D eigenvalue weighted by atomic mass is 9.67. The average molecular weight is 355 g/mol. The Morgan fingerprint density at radius 2 is 1.65 bits per heavy atom. The van der Waals surface area contributed by atoms with Gasteiger partial charge in [0.25, 0.3) is 0 Å². The first-order valence-electron chi connectivity index (χ1n) is 10.2. The third-order valence-corrected chi connectivity index (χ3v) is 7.07. The second-order valence-corrected chi connectivity index (χ2v) is 8.52. The number of carboxylic acids is 1. The number of nitrogens with zero attached hydrogens (tertiary/aromatic N) is 1. The van der Waals surface area contributed by atoms with Crippen molar-refractivity contribution in [3.8, 4) is 0 Å². The largest absolute Gasteiger partial charge is 0.481 e. The van der Waals surface area contributed by atoms with E-state index in [1.165, 1.54) is 32.1 Å². The highest BCUT2D eigenvalue weighted by Crippen LogP contribution is 2.44. The van der Waals surface area contributed by atoms with Gasteiger partial charge < -0.3 is 10.0 Å². The maximum atomic E-state index is 13.2. The van der Waals surface area contributed by atoms with Gasteiger partial charge in [0.15, 0.2) is 0 Å². The summed E-state index contributed by atoms with van der Waals surface area (Å²) in [6.07, 6.45) is 8.47. The molecule has 1 aliphatic heterocycles. The van der Waals surface area contributed by atoms with Gasteiger partial charge in [-0.25, -0.2) is 0 Å². The van der Waals surface area contributed by atoms with Crippen molar-refractivity contribution in [3.05, 3.63) is 35.9 Å². The van der Waals surface area contributed by atoms with Crippen LogP contribution in [0, 0.1) is 23.7 Å². The lowest BCUT2D eigenvalue weighted by Gasteiger charge is -2.39. The highest BCUT2D eigenvalue weighted by atomic mass is 16.4. The van der Waals surface area contributed by atoms with Crippen LogP contribution in [0.5, 0.6) is 0 Å². The summed E-state index contributed by atoms with van der Waals surface area (Å²) in [6.45, 7) is 0.905. The van der Waals surface area contributed by atoms with Gasteiger partial charge in [0.05, 0.1) is 5.92 Å². The van der Waals surface area contributed by atoms with Gasteiger partial charge in [0.1, 0.15) is 0 Å². The molecule has 140 valence electrons. The molecule has 3 unspecified atom stereocenters. The number of rotatable bonds is 3. The smallest absolute Gasteiger partial charge is 0.308 e. The molecule has 3 aliphatic rings. The van der Waals surface area contributed by atoms with Crippen LogP contribution in [-0.2, 0) is 9.59 Å². The van der Waals surface area contributed by atoms with E-state index >= 15 is 0 Å². The van der Waals surface area contributed by atoms with Gasteiger partial charge in [0.2, 0.25) is 5.91 Å². The summed E-state index contributed by atoms with van der Waals surface area (Å²) in [6, 6.07) is 9.82. The number of fused-ring (bicyclic) bond motifs is 1. The molecular weight excluding hydrogens is 326 g/mol. The molecule has 2 aliphatic carbocycles. The molecule has 2 saturated carbocycles. The average Bonchev–Trinajstić information content (AvgIpc) is 3.13. The van der Waals surface area contributed by atoms with Crippen LogP contribution in [0.4, 0.5) is 0 Å². The Labute approximate surface area is 155 Å². The van der Waals surface area contributed by atoms with E-state index in [2.05, 4.69) is 0 Å². The maximum absolute atomic E-state index is 13.2. The Kier molecular flexibility index (Phi) is 5.01. The number of amides is 1. The summed E-state index contributed by atoms with van der Waals surface area (Å²) < 4.78 is 0. The highest BCUT2D eigenvalue weighted by Gasteiger charge is 2.43. The van der Waals surface area contributed by atoms with Gasteiger partial charge in [-0.3, -0.25) is 9.59 Å². The fourth-order valence-electron chi connectivity index (χ4n) is 5.63. The number of likely N-dealkylation sites (tertiary alicyclic amines) is 1. The minimum atomic E-state index is -0.787. The number of carboxylic acid groups (broad SMARTS) is 1. The minimum Gasteiger partial charge on any atom is -0.481 e. The van der Waals surface area contributed by atoms with Crippen molar-refractivity contribution in [1.82, 2.24) is 4.90 Å². The Bertz CT molecular complexity index is 659. The third kappa shape index (κ3) is 3.38. The number of aliphatic carboxylic acids is 1. The Balaban J connectivity index is 1.46. The second kappa shape index (κ2) is 7.42. The molecule has 3 fully saturated rings. The first kappa shape index (κ1) is 17.6. The predicted molar refractivity (Wildman–Crippen MR) is 99.7 cm³/mol. The van der Waals surface area contributed by atoms with Crippen molar-refractivity contribution in [2.24, 2.45) is 23.7 Å². The van der Waals surface area contributed by atoms with Crippen LogP contribution >= 0.6 is 0 Å². The summed E-state index contributed by atoms with van der Waals surface area (Å²) in [4.78, 5) is 26.8. The lowest BCUT2D eigenvalue weighted by Crippen LogP contribution is -2.39. The van der Waals surface area contributed by atoms with Crippen LogP contribution < -0.4 is 0 Å². The third-order valence-electron chi connectivity index (χ3n) is 7.07. The molecule has 1 aromatic rings. The predicted octanol–water partition coefficient (Wildman–Crippen LogP) is 3.92. The number of hydrogen-bond donors (Lipinski definition) is 1. The van der Waals surface area contributed by atoms with E-state index in [1.54, 1.807) is 0 Å². The van der Waals surface area contributed by atoms with Gasteiger partial charge in [0, 0.05) is 24.9 Å². The van der Waals surface area contributed by atoms with Crippen LogP contribution in [0.15, 0.2) is 30.3 Å². The number of hydrogen-bond acceptors (Lipinski definition) is 2. The molecule has 1 saturated heterocycles. The quantitative estimate of drug-likeness (QED) is 0.894. The molecule has 5 atom stereocenters. The molecule has 26 heavy (non-hydrogen) atoms. The van der Waals surface area contributed by atoms with E-state index in [9.17, 15) is 14.7 Å². The molecule has 4 nitrogen and oxygen atoms in total. The normalized spacial score (nSPS) is 34.3. The molecule has 1 heterocycles. The first-order valence-corrected chi connectivity index (χ1v) is 10.2. The molecule has 4 heteroatoms. The fraction of sp³-hybridized carbons (Fsp3) is 0.636. The van der Waals surface area contributed by atoms with Crippen LogP contribution in [-0.4, -0.2) is 35.0 Å². The van der Waals surface area contributed by atoms with E-state index in [0.29, 0.717) is 19.0 Å². The van der Waals surface area contributed by atoms with Gasteiger partial charge in [-0.05, 0) is 36.7 Å². The van der Waals surface area contributed by atoms with Crippen LogP contribution in [0.25, 0.3) is 0 Å². The Hall–Kier alpha value is -1.84. The Morgan fingerprint density at radius 1 is 0.923 bits per heavy atom. The molecule has 0 aromatic heterocycles. The molecule has 0 radical (unpaired) electrons. The standard InChI is InChI=1S/C22H29NO3/c24-21(18-11-10-15-6-4-5-9-17(15)12-18)23-13-19(20(14-23)22(25)26)16-7-2-1-3-8-16/h1-3,7-8,15,17-20H,4-6,9-14H2,(H,25,26)/t15?,17?,18?,19-,20-/m1/s1. The van der Waals surface area contributed by atoms with Crippen molar-refractivity contribution < 1.29 is 14.7 Å². The van der Waals surface area contributed by atoms with E-state index < -0.39 is 11.9 Å². The fourth-order valence-corrected chi connectivity index (χ4v) is 5.63. The van der Waals surface area contributed by atoms with Crippen molar-refractivity contribution in [2.45, 2.75) is 50.9 Å². The van der Waals surface area contributed by atoms with Crippen LogP contribution in [0.2, 0.25) is 0 Å². The van der Waals surface area contributed by atoms with Crippen molar-refractivity contribution in [1.29, 1.82) is 0 Å². The zero-order valence-electron chi connectivity index (χ0n) is 15.3. The van der Waals surface area contributed by atoms with E-state index in [1.807, 2.05) is 35.2 Å². The SMILES string of the molecule is O=C(O)[C@@H]1CN(C(=O)C2CCC3CCCCC3C2)C[C@@H]1c1ccccc1. The monoisotopic (exact) mass is 355 g/mol. The molecular formula is C22H29NO3. The van der Waals surface area contributed by atoms with Crippen molar-refractivity contribution in [2.75, 3.05) is 13.1 Å². The molecule has 1 amide bonds. The maximum Gasteiger partial charge on any atom is 0.308 e. The van der Waals surface area contributed by atoms with Gasteiger partial charge in [-0.15, -0.1) is 0 Å². The molecule has 1 aromatic carbocycles.